The largest absolute Gasteiger partial charge is 0.550 e. The van der Waals surface area contributed by atoms with Gasteiger partial charge in [0.1, 0.15) is 17.9 Å². The van der Waals surface area contributed by atoms with Gasteiger partial charge in [-0.05, 0) is 31.0 Å². The van der Waals surface area contributed by atoms with Gasteiger partial charge in [-0.15, -0.1) is 0 Å². The Morgan fingerprint density at radius 3 is 2.59 bits per heavy atom. The molecule has 8 heteroatoms. The summed E-state index contributed by atoms with van der Waals surface area (Å²) in [6.45, 7) is 2.03. The van der Waals surface area contributed by atoms with Crippen LogP contribution in [0.2, 0.25) is 0 Å². The highest BCUT2D eigenvalue weighted by Crippen LogP contribution is 2.49. The first-order chi connectivity index (χ1) is 15.3. The van der Waals surface area contributed by atoms with Crippen LogP contribution in [0.15, 0.2) is 48.5 Å². The summed E-state index contributed by atoms with van der Waals surface area (Å²) < 4.78 is 0. The number of nitrogens with zero attached hydrogens (tertiary/aromatic N) is 1. The van der Waals surface area contributed by atoms with Crippen LogP contribution in [0.3, 0.4) is 0 Å². The maximum absolute atomic E-state index is 13.7. The molecular weight excluding hydrogens is 410 g/mol. The minimum Gasteiger partial charge on any atom is -0.550 e. The van der Waals surface area contributed by atoms with Crippen molar-refractivity contribution >= 4 is 29.4 Å². The molecule has 0 saturated carbocycles. The number of nitrogens with two attached hydrogens (primary N) is 1. The number of carbonyl (C=O) groups is 4. The number of carboxylic acid groups (broad SMARTS) is 1. The molecule has 2 saturated heterocycles. The smallest absolute Gasteiger partial charge is 0.291 e. The van der Waals surface area contributed by atoms with E-state index in [1.807, 2.05) is 49.4 Å². The third-order valence-corrected chi connectivity index (χ3v) is 6.98. The van der Waals surface area contributed by atoms with E-state index in [1.165, 1.54) is 4.90 Å². The summed E-state index contributed by atoms with van der Waals surface area (Å²) in [6, 6.07) is 14.2. The summed E-state index contributed by atoms with van der Waals surface area (Å²) in [5.41, 5.74) is 1.75. The van der Waals surface area contributed by atoms with Crippen LogP contribution in [0.4, 0.5) is 5.69 Å². The topological polar surface area (TPSA) is 123 Å². The highest BCUT2D eigenvalue weighted by atomic mass is 16.4. The van der Waals surface area contributed by atoms with Crippen LogP contribution >= 0.6 is 0 Å². The third-order valence-electron chi connectivity index (χ3n) is 6.98. The molecule has 4 atom stereocenters. The van der Waals surface area contributed by atoms with Gasteiger partial charge in [0.15, 0.2) is 0 Å². The first-order valence-corrected chi connectivity index (χ1v) is 10.7. The van der Waals surface area contributed by atoms with E-state index < -0.39 is 29.4 Å². The Morgan fingerprint density at radius 1 is 1.12 bits per heavy atom. The average Bonchev–Trinajstić information content (AvgIpc) is 3.34. The van der Waals surface area contributed by atoms with E-state index in [0.717, 1.165) is 11.1 Å². The van der Waals surface area contributed by atoms with E-state index in [2.05, 4.69) is 5.32 Å². The molecule has 5 rings (SSSR count). The number of imide groups is 1. The minimum absolute atomic E-state index is 0.122. The van der Waals surface area contributed by atoms with Crippen LogP contribution in [0.25, 0.3) is 0 Å². The number of aryl methyl sites for hydroxylation is 1. The van der Waals surface area contributed by atoms with Gasteiger partial charge in [0.25, 0.3) is 5.91 Å². The molecule has 0 unspecified atom stereocenters. The zero-order chi connectivity index (χ0) is 22.6. The van der Waals surface area contributed by atoms with Crippen molar-refractivity contribution < 1.29 is 29.6 Å². The van der Waals surface area contributed by atoms with Crippen molar-refractivity contribution in [3.63, 3.8) is 0 Å². The number of quaternary nitrogens is 1. The second-order valence-electron chi connectivity index (χ2n) is 8.87. The lowest BCUT2D eigenvalue weighted by Gasteiger charge is -2.26. The summed E-state index contributed by atoms with van der Waals surface area (Å²) >= 11 is 0. The summed E-state index contributed by atoms with van der Waals surface area (Å²) in [5.74, 6) is -3.97. The molecule has 3 aliphatic rings. The molecule has 0 bridgehead atoms. The van der Waals surface area contributed by atoms with Gasteiger partial charge in [0.2, 0.25) is 17.4 Å². The van der Waals surface area contributed by atoms with E-state index in [4.69, 9.17) is 0 Å². The monoisotopic (exact) mass is 433 g/mol. The predicted molar refractivity (Wildman–Crippen MR) is 110 cm³/mol. The Balaban J connectivity index is 1.59. The first-order valence-electron chi connectivity index (χ1n) is 10.7. The lowest BCUT2D eigenvalue weighted by molar-refractivity contribution is -0.734. The summed E-state index contributed by atoms with van der Waals surface area (Å²) in [5, 5.41) is 15.8. The fourth-order valence-corrected chi connectivity index (χ4v) is 5.61. The van der Waals surface area contributed by atoms with E-state index in [-0.39, 0.29) is 37.1 Å². The molecule has 3 N–H and O–H groups in total. The van der Waals surface area contributed by atoms with Gasteiger partial charge < -0.3 is 20.5 Å². The molecule has 3 heterocycles. The fourth-order valence-electron chi connectivity index (χ4n) is 5.61. The van der Waals surface area contributed by atoms with Gasteiger partial charge in [0, 0.05) is 18.0 Å². The molecule has 8 nitrogen and oxygen atoms in total. The zero-order valence-electron chi connectivity index (χ0n) is 17.5. The predicted octanol–water partition coefficient (Wildman–Crippen LogP) is -0.580. The molecule has 0 aliphatic carbocycles. The number of hydrogen-bond donors (Lipinski definition) is 2. The van der Waals surface area contributed by atoms with Crippen molar-refractivity contribution in [2.24, 2.45) is 11.8 Å². The number of aliphatic carboxylic acids is 1. The highest BCUT2D eigenvalue weighted by Gasteiger charge is 2.74. The quantitative estimate of drug-likeness (QED) is 0.611. The number of benzene rings is 2. The third kappa shape index (κ3) is 2.86. The number of anilines is 1. The number of carbonyl (C=O) groups excluding carboxylic acids is 4. The number of amides is 3. The number of fused-ring (bicyclic) bond motifs is 4. The van der Waals surface area contributed by atoms with Crippen LogP contribution in [0.1, 0.15) is 29.5 Å². The molecule has 3 amide bonds. The van der Waals surface area contributed by atoms with Crippen molar-refractivity contribution in [1.82, 2.24) is 4.90 Å². The van der Waals surface area contributed by atoms with E-state index in [9.17, 15) is 24.3 Å². The van der Waals surface area contributed by atoms with Gasteiger partial charge >= 0.3 is 0 Å². The Kier molecular flexibility index (Phi) is 4.63. The van der Waals surface area contributed by atoms with E-state index in [1.54, 1.807) is 11.4 Å². The average molecular weight is 433 g/mol. The Morgan fingerprint density at radius 2 is 1.88 bits per heavy atom. The van der Waals surface area contributed by atoms with Crippen LogP contribution in [0.5, 0.6) is 0 Å². The van der Waals surface area contributed by atoms with Gasteiger partial charge in [-0.25, -0.2) is 0 Å². The molecule has 0 aromatic heterocycles. The molecule has 2 aromatic rings. The van der Waals surface area contributed by atoms with Crippen molar-refractivity contribution in [3.05, 3.63) is 65.2 Å². The van der Waals surface area contributed by atoms with Crippen molar-refractivity contribution in [2.45, 2.75) is 37.9 Å². The molecule has 3 aliphatic heterocycles. The summed E-state index contributed by atoms with van der Waals surface area (Å²) in [7, 11) is 0. The molecule has 1 spiro atoms. The maximum atomic E-state index is 13.7. The fraction of sp³-hybridized carbons (Fsp3) is 0.333. The molecular formula is C24H23N3O5. The Labute approximate surface area is 184 Å². The minimum atomic E-state index is -1.29. The molecule has 32 heavy (non-hydrogen) atoms. The number of hydrogen-bond acceptors (Lipinski definition) is 5. The standard InChI is InChI=1S/C24H23N3O5/c1-13-7-8-16-15(11-13)24(23(32)25-16)20-19(17(26-24)9-10-18(28)29)21(30)27(22(20)31)12-14-5-3-2-4-6-14/h2-8,11,17,19-20,26H,9-10,12H2,1H3,(H,25,32)(H,28,29)/t17-,19+,20-,24+/m0/s1. The summed E-state index contributed by atoms with van der Waals surface area (Å²) in [6.07, 6.45) is -0.110. The van der Waals surface area contributed by atoms with Crippen molar-refractivity contribution in [3.8, 4) is 0 Å². The van der Waals surface area contributed by atoms with E-state index in [0.29, 0.717) is 11.3 Å². The zero-order valence-corrected chi connectivity index (χ0v) is 17.5. The normalized spacial score (nSPS) is 28.2. The Hall–Kier alpha value is -3.52. The van der Waals surface area contributed by atoms with Gasteiger partial charge in [-0.1, -0.05) is 42.0 Å². The highest BCUT2D eigenvalue weighted by molar-refractivity contribution is 6.13. The first kappa shape index (κ1) is 20.4. The lowest BCUT2D eigenvalue weighted by atomic mass is 9.76. The second-order valence-corrected chi connectivity index (χ2v) is 8.87. The van der Waals surface area contributed by atoms with Crippen LogP contribution in [-0.2, 0) is 31.3 Å². The van der Waals surface area contributed by atoms with Gasteiger partial charge in [-0.3, -0.25) is 19.3 Å². The maximum Gasteiger partial charge on any atom is 0.291 e. The number of nitrogens with one attached hydrogen (secondary N) is 1. The molecule has 0 radical (unpaired) electrons. The van der Waals surface area contributed by atoms with Crippen molar-refractivity contribution in [1.29, 1.82) is 0 Å². The molecule has 164 valence electrons. The number of rotatable bonds is 5. The molecule has 2 aromatic carbocycles. The van der Waals surface area contributed by atoms with Gasteiger partial charge in [-0.2, -0.15) is 0 Å². The van der Waals surface area contributed by atoms with Crippen molar-refractivity contribution in [2.75, 3.05) is 5.32 Å². The van der Waals surface area contributed by atoms with Crippen LogP contribution in [-0.4, -0.2) is 34.6 Å². The van der Waals surface area contributed by atoms with E-state index >= 15 is 0 Å². The summed E-state index contributed by atoms with van der Waals surface area (Å²) in [4.78, 5) is 52.9. The number of carboxylic acids is 1. The second kappa shape index (κ2) is 7.27. The van der Waals surface area contributed by atoms with Gasteiger partial charge in [0.05, 0.1) is 12.2 Å². The van der Waals surface area contributed by atoms with Crippen LogP contribution in [0, 0.1) is 18.8 Å². The Bertz CT molecular complexity index is 1150. The number of likely N-dealkylation sites (tertiary alicyclic amines) is 1. The SMILES string of the molecule is Cc1ccc2c(c1)[C@]1([NH2+][C@@H](CCC(=O)[O-])[C@H]3C(=O)N(Cc4ccccc4)C(=O)[C@H]31)C(=O)N2. The van der Waals surface area contributed by atoms with Crippen LogP contribution < -0.4 is 15.7 Å². The lowest BCUT2D eigenvalue weighted by Crippen LogP contribution is -2.99. The molecule has 2 fully saturated rings.